The van der Waals surface area contributed by atoms with Gasteiger partial charge >= 0.3 is 0 Å². The zero-order valence-electron chi connectivity index (χ0n) is 16.2. The Kier molecular flexibility index (Phi) is 6.07. The molecule has 2 aromatic carbocycles. The number of carbonyl (C=O) groups is 1. The van der Waals surface area contributed by atoms with Gasteiger partial charge in [0.2, 0.25) is 11.0 Å². The van der Waals surface area contributed by atoms with E-state index >= 15 is 0 Å². The van der Waals surface area contributed by atoms with Crippen LogP contribution in [0.1, 0.15) is 24.0 Å². The van der Waals surface area contributed by atoms with Crippen LogP contribution in [0.15, 0.2) is 57.8 Å². The zero-order chi connectivity index (χ0) is 21.1. The van der Waals surface area contributed by atoms with Gasteiger partial charge in [0, 0.05) is 24.4 Å². The number of nitrogens with one attached hydrogen (secondary N) is 1. The second-order valence-corrected chi connectivity index (χ2v) is 10.7. The summed E-state index contributed by atoms with van der Waals surface area (Å²) in [4.78, 5) is 13.8. The Labute approximate surface area is 183 Å². The molecule has 0 radical (unpaired) electrons. The Hall–Kier alpha value is -2.43. The maximum atomic E-state index is 12.8. The van der Waals surface area contributed by atoms with Crippen LogP contribution in [0.2, 0.25) is 0 Å². The average Bonchev–Trinajstić information content (AvgIpc) is 3.35. The quantitative estimate of drug-likeness (QED) is 0.535. The Morgan fingerprint density at radius 2 is 1.97 bits per heavy atom. The number of amides is 1. The van der Waals surface area contributed by atoms with E-state index in [0.717, 1.165) is 29.0 Å². The molecule has 4 rings (SSSR count). The summed E-state index contributed by atoms with van der Waals surface area (Å²) in [5.41, 5.74) is 2.66. The molecule has 1 aliphatic heterocycles. The highest BCUT2D eigenvalue weighted by Crippen LogP contribution is 2.31. The number of carbonyl (C=O) groups excluding carboxylic acids is 1. The molecule has 0 unspecified atom stereocenters. The number of sulfonamides is 1. The molecule has 1 saturated heterocycles. The standard InChI is InChI=1S/C20H20N4O3S3/c1-14-12-16(9-10-17(14)24-11-5-8-18(24)25)30(26,27)23-19-21-22-20(29-19)28-13-15-6-3-2-4-7-15/h2-4,6-7,9-10,12H,5,8,11,13H2,1H3,(H,21,23). The van der Waals surface area contributed by atoms with E-state index in [2.05, 4.69) is 14.9 Å². The van der Waals surface area contributed by atoms with Crippen LogP contribution in [0.5, 0.6) is 0 Å². The Morgan fingerprint density at radius 1 is 1.17 bits per heavy atom. The highest BCUT2D eigenvalue weighted by molar-refractivity contribution is 8.00. The fourth-order valence-corrected chi connectivity index (χ4v) is 6.23. The minimum Gasteiger partial charge on any atom is -0.312 e. The van der Waals surface area contributed by atoms with Gasteiger partial charge in [-0.15, -0.1) is 10.2 Å². The summed E-state index contributed by atoms with van der Waals surface area (Å²) in [6.45, 7) is 2.47. The van der Waals surface area contributed by atoms with Gasteiger partial charge in [-0.1, -0.05) is 53.4 Å². The van der Waals surface area contributed by atoms with Gasteiger partial charge in [0.1, 0.15) is 0 Å². The first-order valence-electron chi connectivity index (χ1n) is 9.36. The highest BCUT2D eigenvalue weighted by Gasteiger charge is 2.24. The zero-order valence-corrected chi connectivity index (χ0v) is 18.7. The molecule has 0 atom stereocenters. The molecule has 1 N–H and O–H groups in total. The summed E-state index contributed by atoms with van der Waals surface area (Å²) in [7, 11) is -3.80. The minimum atomic E-state index is -3.80. The van der Waals surface area contributed by atoms with Crippen molar-refractivity contribution in [3.63, 3.8) is 0 Å². The van der Waals surface area contributed by atoms with Crippen molar-refractivity contribution in [2.45, 2.75) is 34.8 Å². The number of hydrogen-bond donors (Lipinski definition) is 1. The molecule has 0 saturated carbocycles. The van der Waals surface area contributed by atoms with Crippen LogP contribution in [0.25, 0.3) is 0 Å². The third kappa shape index (κ3) is 4.66. The van der Waals surface area contributed by atoms with Crippen LogP contribution in [-0.2, 0) is 20.6 Å². The summed E-state index contributed by atoms with van der Waals surface area (Å²) in [6.07, 6.45) is 1.35. The first-order valence-corrected chi connectivity index (χ1v) is 12.6. The summed E-state index contributed by atoms with van der Waals surface area (Å²) in [5.74, 6) is 0.805. The third-order valence-corrected chi connectivity index (χ3v) is 8.19. The predicted molar refractivity (Wildman–Crippen MR) is 119 cm³/mol. The number of hydrogen-bond acceptors (Lipinski definition) is 7. The van der Waals surface area contributed by atoms with Gasteiger partial charge in [-0.05, 0) is 42.7 Å². The van der Waals surface area contributed by atoms with Crippen molar-refractivity contribution in [3.8, 4) is 0 Å². The van der Waals surface area contributed by atoms with E-state index in [9.17, 15) is 13.2 Å². The normalized spacial score (nSPS) is 14.3. The van der Waals surface area contributed by atoms with E-state index in [1.807, 2.05) is 37.3 Å². The monoisotopic (exact) mass is 460 g/mol. The topological polar surface area (TPSA) is 92.3 Å². The highest BCUT2D eigenvalue weighted by atomic mass is 32.2. The van der Waals surface area contributed by atoms with E-state index in [1.165, 1.54) is 29.2 Å². The number of nitrogens with zero attached hydrogens (tertiary/aromatic N) is 3. The van der Waals surface area contributed by atoms with E-state index in [0.29, 0.717) is 17.3 Å². The van der Waals surface area contributed by atoms with Crippen molar-refractivity contribution in [1.82, 2.24) is 10.2 Å². The lowest BCUT2D eigenvalue weighted by Crippen LogP contribution is -2.24. The third-order valence-electron chi connectivity index (χ3n) is 4.68. The molecule has 10 heteroatoms. The number of anilines is 2. The molecule has 156 valence electrons. The van der Waals surface area contributed by atoms with Gasteiger partial charge in [0.05, 0.1) is 4.90 Å². The van der Waals surface area contributed by atoms with Crippen LogP contribution in [0.4, 0.5) is 10.8 Å². The number of aromatic nitrogens is 2. The summed E-state index contributed by atoms with van der Waals surface area (Å²) in [5, 5.41) is 8.24. The van der Waals surface area contributed by atoms with Crippen LogP contribution in [0.3, 0.4) is 0 Å². The molecular formula is C20H20N4O3S3. The van der Waals surface area contributed by atoms with Gasteiger partial charge in [-0.25, -0.2) is 8.42 Å². The molecule has 30 heavy (non-hydrogen) atoms. The van der Waals surface area contributed by atoms with Crippen molar-refractivity contribution < 1.29 is 13.2 Å². The van der Waals surface area contributed by atoms with Gasteiger partial charge in [0.15, 0.2) is 4.34 Å². The lowest BCUT2D eigenvalue weighted by molar-refractivity contribution is -0.117. The second-order valence-electron chi connectivity index (χ2n) is 6.85. The van der Waals surface area contributed by atoms with Crippen LogP contribution in [0, 0.1) is 6.92 Å². The maximum Gasteiger partial charge on any atom is 0.263 e. The summed E-state index contributed by atoms with van der Waals surface area (Å²) < 4.78 is 28.8. The van der Waals surface area contributed by atoms with Crippen molar-refractivity contribution in [2.24, 2.45) is 0 Å². The Bertz CT molecular complexity index is 1160. The molecular weight excluding hydrogens is 440 g/mol. The van der Waals surface area contributed by atoms with Gasteiger partial charge in [-0.3, -0.25) is 9.52 Å². The van der Waals surface area contributed by atoms with E-state index in [1.54, 1.807) is 17.0 Å². The van der Waals surface area contributed by atoms with E-state index < -0.39 is 10.0 Å². The molecule has 0 spiro atoms. The van der Waals surface area contributed by atoms with Gasteiger partial charge < -0.3 is 4.90 Å². The fourth-order valence-electron chi connectivity index (χ4n) is 3.20. The number of benzene rings is 2. The first kappa shape index (κ1) is 20.8. The van der Waals surface area contributed by atoms with Crippen molar-refractivity contribution in [1.29, 1.82) is 0 Å². The van der Waals surface area contributed by atoms with Gasteiger partial charge in [0.25, 0.3) is 10.0 Å². The molecule has 2 heterocycles. The first-order chi connectivity index (χ1) is 14.4. The lowest BCUT2D eigenvalue weighted by atomic mass is 10.2. The van der Waals surface area contributed by atoms with Gasteiger partial charge in [-0.2, -0.15) is 0 Å². The lowest BCUT2D eigenvalue weighted by Gasteiger charge is -2.19. The SMILES string of the molecule is Cc1cc(S(=O)(=O)Nc2nnc(SCc3ccccc3)s2)ccc1N1CCCC1=O. The maximum absolute atomic E-state index is 12.8. The molecule has 1 amide bonds. The van der Waals surface area contributed by atoms with Crippen molar-refractivity contribution in [3.05, 3.63) is 59.7 Å². The van der Waals surface area contributed by atoms with Crippen LogP contribution in [-0.4, -0.2) is 31.1 Å². The Balaban J connectivity index is 1.45. The second kappa shape index (κ2) is 8.75. The van der Waals surface area contributed by atoms with E-state index in [-0.39, 0.29) is 15.9 Å². The van der Waals surface area contributed by atoms with Crippen molar-refractivity contribution >= 4 is 49.8 Å². The number of aryl methyl sites for hydroxylation is 1. The van der Waals surface area contributed by atoms with Crippen LogP contribution < -0.4 is 9.62 Å². The smallest absolute Gasteiger partial charge is 0.263 e. The molecule has 0 aliphatic carbocycles. The largest absolute Gasteiger partial charge is 0.312 e. The number of rotatable bonds is 7. The molecule has 1 fully saturated rings. The summed E-state index contributed by atoms with van der Waals surface area (Å²) in [6, 6.07) is 14.7. The average molecular weight is 461 g/mol. The molecule has 0 bridgehead atoms. The predicted octanol–water partition coefficient (Wildman–Crippen LogP) is 4.07. The van der Waals surface area contributed by atoms with E-state index in [4.69, 9.17) is 0 Å². The molecule has 3 aromatic rings. The van der Waals surface area contributed by atoms with Crippen LogP contribution >= 0.6 is 23.1 Å². The Morgan fingerprint density at radius 3 is 2.67 bits per heavy atom. The molecule has 7 nitrogen and oxygen atoms in total. The molecule has 1 aromatic heterocycles. The number of thioether (sulfide) groups is 1. The summed E-state index contributed by atoms with van der Waals surface area (Å²) >= 11 is 2.71. The molecule has 1 aliphatic rings. The minimum absolute atomic E-state index is 0.0706. The van der Waals surface area contributed by atoms with Crippen molar-refractivity contribution in [2.75, 3.05) is 16.2 Å². The fraction of sp³-hybridized carbons (Fsp3) is 0.250.